The Balaban J connectivity index is 1.96. The van der Waals surface area contributed by atoms with Gasteiger partial charge in [0.2, 0.25) is 5.88 Å². The van der Waals surface area contributed by atoms with Crippen LogP contribution in [0.3, 0.4) is 0 Å². The van der Waals surface area contributed by atoms with Gasteiger partial charge in [0.25, 0.3) is 0 Å². The van der Waals surface area contributed by atoms with Crippen LogP contribution < -0.4 is 10.1 Å². The Labute approximate surface area is 182 Å². The van der Waals surface area contributed by atoms with Crippen molar-refractivity contribution in [2.75, 3.05) is 6.61 Å². The van der Waals surface area contributed by atoms with Gasteiger partial charge in [0.15, 0.2) is 24.0 Å². The van der Waals surface area contributed by atoms with Crippen LogP contribution in [-0.2, 0) is 4.74 Å². The molecule has 1 amide bonds. The number of aryl methyl sites for hydroxylation is 1. The summed E-state index contributed by atoms with van der Waals surface area (Å²) in [6, 6.07) is 7.33. The minimum atomic E-state index is -0.788. The van der Waals surface area contributed by atoms with Gasteiger partial charge in [-0.3, -0.25) is 5.32 Å². The zero-order chi connectivity index (χ0) is 21.8. The van der Waals surface area contributed by atoms with Crippen molar-refractivity contribution in [1.82, 2.24) is 14.3 Å². The number of nitrogens with zero attached hydrogens (tertiary/aromatic N) is 3. The van der Waals surface area contributed by atoms with Crippen LogP contribution in [0, 0.1) is 12.7 Å². The number of carbonyl (C=O) groups is 1. The molecule has 0 saturated heterocycles. The van der Waals surface area contributed by atoms with Crippen molar-refractivity contribution in [2.45, 2.75) is 13.8 Å². The van der Waals surface area contributed by atoms with Gasteiger partial charge in [-0.2, -0.15) is 0 Å². The molecule has 2 aromatic heterocycles. The number of nitrogens with one attached hydrogen (secondary N) is 1. The lowest BCUT2D eigenvalue weighted by molar-refractivity contribution is 0.157. The first kappa shape index (κ1) is 21.8. The van der Waals surface area contributed by atoms with Gasteiger partial charge in [0, 0.05) is 17.7 Å². The summed E-state index contributed by atoms with van der Waals surface area (Å²) in [6.07, 6.45) is -0.788. The minimum absolute atomic E-state index is 0.00554. The normalized spacial score (nSPS) is 11.6. The second-order valence-electron chi connectivity index (χ2n) is 5.88. The average molecular weight is 501 g/mol. The fraction of sp³-hybridized carbons (Fsp3) is 0.167. The van der Waals surface area contributed by atoms with E-state index in [4.69, 9.17) is 9.47 Å². The number of halogens is 3. The molecule has 3 rings (SSSR count). The smallest absolute Gasteiger partial charge is 0.412 e. The second-order valence-corrected chi connectivity index (χ2v) is 7.14. The van der Waals surface area contributed by atoms with E-state index in [-0.39, 0.29) is 46.5 Å². The maximum atomic E-state index is 13.8. The lowest BCUT2D eigenvalue weighted by Gasteiger charge is -2.12. The number of hydrogen-bond acceptors (Lipinski definition) is 7. The maximum Gasteiger partial charge on any atom is 0.412 e. The van der Waals surface area contributed by atoms with Crippen LogP contribution in [0.5, 0.6) is 11.6 Å². The first-order valence-corrected chi connectivity index (χ1v) is 9.95. The van der Waals surface area contributed by atoms with Gasteiger partial charge in [0.1, 0.15) is 10.4 Å². The molecule has 3 aromatic rings. The van der Waals surface area contributed by atoms with Gasteiger partial charge in [-0.25, -0.2) is 18.1 Å². The average Bonchev–Trinajstić information content (AvgIpc) is 3.04. The molecule has 0 atom stereocenters. The van der Waals surface area contributed by atoms with Gasteiger partial charge in [-0.05, 0) is 47.5 Å². The highest BCUT2D eigenvalue weighted by Crippen LogP contribution is 2.35. The number of amidine groups is 1. The molecule has 0 aliphatic rings. The molecule has 0 bridgehead atoms. The Morgan fingerprint density at radius 2 is 2.17 bits per heavy atom. The van der Waals surface area contributed by atoms with E-state index in [0.29, 0.717) is 16.6 Å². The van der Waals surface area contributed by atoms with Gasteiger partial charge < -0.3 is 14.7 Å². The van der Waals surface area contributed by atoms with E-state index in [9.17, 15) is 18.3 Å². The Morgan fingerprint density at radius 1 is 1.40 bits per heavy atom. The summed E-state index contributed by atoms with van der Waals surface area (Å²) in [7, 11) is 0. The number of aromatic nitrogens is 2. The molecule has 30 heavy (non-hydrogen) atoms. The van der Waals surface area contributed by atoms with Crippen LogP contribution in [0.4, 0.5) is 13.1 Å². The molecule has 0 aliphatic heterocycles. The van der Waals surface area contributed by atoms with Crippen LogP contribution >= 0.6 is 28.3 Å². The van der Waals surface area contributed by atoms with Crippen molar-refractivity contribution in [3.8, 4) is 11.6 Å². The first-order chi connectivity index (χ1) is 14.4. The fourth-order valence-electron chi connectivity index (χ4n) is 2.63. The number of rotatable bonds is 5. The summed E-state index contributed by atoms with van der Waals surface area (Å²) >= 11 is 2.82. The van der Waals surface area contributed by atoms with E-state index in [1.54, 1.807) is 26.0 Å². The third-order valence-electron chi connectivity index (χ3n) is 3.97. The zero-order valence-electron chi connectivity index (χ0n) is 15.6. The quantitative estimate of drug-likeness (QED) is 0.162. The molecule has 2 heterocycles. The highest BCUT2D eigenvalue weighted by molar-refractivity contribution is 9.10. The summed E-state index contributed by atoms with van der Waals surface area (Å²) in [5, 5.41) is 14.7. The van der Waals surface area contributed by atoms with Crippen LogP contribution in [-0.4, -0.2) is 32.7 Å². The van der Waals surface area contributed by atoms with Gasteiger partial charge >= 0.3 is 6.09 Å². The van der Waals surface area contributed by atoms with E-state index < -0.39 is 11.9 Å². The lowest BCUT2D eigenvalue weighted by atomic mass is 10.1. The highest BCUT2D eigenvalue weighted by atomic mass is 79.9. The van der Waals surface area contributed by atoms with Crippen LogP contribution in [0.15, 0.2) is 40.1 Å². The lowest BCUT2D eigenvalue weighted by Crippen LogP contribution is -2.32. The number of hydrogen-bond donors (Lipinski definition) is 2. The van der Waals surface area contributed by atoms with E-state index in [0.717, 1.165) is 10.0 Å². The topological polar surface area (TPSA) is 98.0 Å². The third kappa shape index (κ3) is 4.49. The minimum Gasteiger partial charge on any atom is -0.450 e. The molecule has 0 fully saturated rings. The molecule has 0 radical (unpaired) electrons. The molecule has 12 heteroatoms. The largest absolute Gasteiger partial charge is 0.450 e. The highest BCUT2D eigenvalue weighted by Gasteiger charge is 2.18. The maximum absolute atomic E-state index is 13.8. The number of fused-ring (bicyclic) bond motifs is 1. The number of alkyl carbamates (subject to hydrolysis) is 1. The predicted molar refractivity (Wildman–Crippen MR) is 111 cm³/mol. The van der Waals surface area contributed by atoms with Crippen LogP contribution in [0.1, 0.15) is 18.1 Å². The molecule has 8 nitrogen and oxygen atoms in total. The summed E-state index contributed by atoms with van der Waals surface area (Å²) < 4.78 is 38.9. The molecule has 158 valence electrons. The van der Waals surface area contributed by atoms with Crippen molar-refractivity contribution in [3.63, 3.8) is 0 Å². The van der Waals surface area contributed by atoms with Gasteiger partial charge in [-0.1, -0.05) is 11.2 Å². The van der Waals surface area contributed by atoms with Crippen molar-refractivity contribution < 1.29 is 27.8 Å². The molecule has 0 saturated carbocycles. The van der Waals surface area contributed by atoms with Crippen molar-refractivity contribution in [3.05, 3.63) is 51.9 Å². The SMILES string of the molecule is CCOC(=O)N/C(=N\O)c1cc(Oc2cc3nc(Br)c(F)cc3n2SF)ccc1C. The van der Waals surface area contributed by atoms with E-state index in [1.807, 2.05) is 0 Å². The Hall–Kier alpha value is -2.86. The molecule has 1 aromatic carbocycles. The summed E-state index contributed by atoms with van der Waals surface area (Å²) in [4.78, 5) is 15.7. The first-order valence-electron chi connectivity index (χ1n) is 8.49. The summed E-state index contributed by atoms with van der Waals surface area (Å²) in [6.45, 7) is 3.51. The molecule has 0 spiro atoms. The number of benzene rings is 1. The van der Waals surface area contributed by atoms with Gasteiger partial charge in [0.05, 0.1) is 17.6 Å². The Bertz CT molecular complexity index is 1140. The number of carbonyl (C=O) groups excluding carboxylic acids is 1. The number of oxime groups is 1. The van der Waals surface area contributed by atoms with Crippen molar-refractivity contribution in [1.29, 1.82) is 0 Å². The monoisotopic (exact) mass is 500 g/mol. The van der Waals surface area contributed by atoms with Gasteiger partial charge in [-0.15, -0.1) is 3.89 Å². The number of pyridine rings is 1. The summed E-state index contributed by atoms with van der Waals surface area (Å²) in [5.74, 6) is -0.489. The van der Waals surface area contributed by atoms with Crippen molar-refractivity contribution >= 4 is 51.2 Å². The molecule has 2 N–H and O–H groups in total. The molecular formula is C18H15BrF2N4O4S. The van der Waals surface area contributed by atoms with E-state index >= 15 is 0 Å². The third-order valence-corrected chi connectivity index (χ3v) is 5.04. The number of ether oxygens (including phenoxy) is 2. The summed E-state index contributed by atoms with van der Waals surface area (Å²) in [5.41, 5.74) is 1.52. The molecule has 0 unspecified atom stereocenters. The molecular weight excluding hydrogens is 486 g/mol. The van der Waals surface area contributed by atoms with E-state index in [1.165, 1.54) is 12.1 Å². The standard InChI is InChI=1S/C18H15BrF2N4O4S/c1-3-28-18(26)23-17(24-27)11-6-10(5-4-9(11)2)29-15-8-13-14(25(15)30-21)7-12(20)16(19)22-13/h4-8,27H,3H2,1-2H3,(H,23,24,26). The van der Waals surface area contributed by atoms with E-state index in [2.05, 4.69) is 31.4 Å². The van der Waals surface area contributed by atoms with Crippen LogP contribution in [0.25, 0.3) is 11.0 Å². The van der Waals surface area contributed by atoms with Crippen LogP contribution in [0.2, 0.25) is 0 Å². The Kier molecular flexibility index (Phi) is 6.77. The Morgan fingerprint density at radius 3 is 2.83 bits per heavy atom. The van der Waals surface area contributed by atoms with Crippen molar-refractivity contribution in [2.24, 2.45) is 5.16 Å². The predicted octanol–water partition coefficient (Wildman–Crippen LogP) is 5.30. The fourth-order valence-corrected chi connectivity index (χ4v) is 3.31. The zero-order valence-corrected chi connectivity index (χ0v) is 18.1. The molecule has 0 aliphatic carbocycles. The number of amides is 1. The second kappa shape index (κ2) is 9.30.